The first-order valence-corrected chi connectivity index (χ1v) is 8.82. The van der Waals surface area contributed by atoms with Gasteiger partial charge in [0.1, 0.15) is 0 Å². The highest BCUT2D eigenvalue weighted by atomic mass is 32.2. The van der Waals surface area contributed by atoms with Crippen molar-refractivity contribution >= 4 is 39.5 Å². The molecule has 1 fully saturated rings. The molecular weight excluding hydrogens is 320 g/mol. The molecule has 7 heteroatoms. The molecule has 1 aliphatic carbocycles. The molecule has 0 bridgehead atoms. The zero-order valence-corrected chi connectivity index (χ0v) is 13.7. The fourth-order valence-electron chi connectivity index (χ4n) is 1.57. The van der Waals surface area contributed by atoms with E-state index in [1.54, 1.807) is 11.6 Å². The summed E-state index contributed by atoms with van der Waals surface area (Å²) >= 11 is 1.26. The van der Waals surface area contributed by atoms with E-state index in [2.05, 4.69) is 10.3 Å². The average Bonchev–Trinajstić information content (AvgIpc) is 3.26. The highest BCUT2D eigenvalue weighted by Gasteiger charge is 2.28. The van der Waals surface area contributed by atoms with Gasteiger partial charge in [0.15, 0.2) is 5.13 Å². The van der Waals surface area contributed by atoms with Gasteiger partial charge in [0.2, 0.25) is 6.29 Å². The van der Waals surface area contributed by atoms with Gasteiger partial charge in [-0.1, -0.05) is 17.7 Å². The molecule has 22 heavy (non-hydrogen) atoms. The Bertz CT molecular complexity index is 650. The van der Waals surface area contributed by atoms with Gasteiger partial charge in [0, 0.05) is 21.7 Å². The van der Waals surface area contributed by atoms with Crippen LogP contribution in [0.5, 0.6) is 0 Å². The van der Waals surface area contributed by atoms with Crippen LogP contribution >= 0.6 is 11.3 Å². The number of anilines is 1. The first-order valence-electron chi connectivity index (χ1n) is 6.73. The third-order valence-corrected chi connectivity index (χ3v) is 5.35. The van der Waals surface area contributed by atoms with E-state index in [0.29, 0.717) is 10.4 Å². The lowest BCUT2D eigenvalue weighted by molar-refractivity contribution is -0.127. The summed E-state index contributed by atoms with van der Waals surface area (Å²) in [7, 11) is -0.732. The van der Waals surface area contributed by atoms with E-state index < -0.39 is 16.7 Å². The quantitative estimate of drug-likeness (QED) is 0.688. The summed E-state index contributed by atoms with van der Waals surface area (Å²) in [4.78, 5) is 24.9. The van der Waals surface area contributed by atoms with Gasteiger partial charge in [0.25, 0.3) is 5.91 Å². The molecule has 1 aliphatic rings. The standard InChI is InChI=1S/C10H12OS.C5H4N2O2S/c1-8-2-4-9(5-3-8)12(11)10-6-7-10;8-3-4(9)7-5-6-1-2-10-5/h2-5,10H,6-7H2,1H3;1-3H,(H,6,7,9). The normalized spacial score (nSPS) is 14.4. The molecule has 3 rings (SSSR count). The van der Waals surface area contributed by atoms with Crippen LogP contribution in [-0.2, 0) is 20.4 Å². The number of benzene rings is 1. The molecule has 5 nitrogen and oxygen atoms in total. The number of amides is 1. The molecular formula is C15H16N2O3S2. The van der Waals surface area contributed by atoms with Crippen molar-refractivity contribution in [2.24, 2.45) is 0 Å². The third kappa shape index (κ3) is 5.16. The SMILES string of the molecule is Cc1ccc(S(=O)C2CC2)cc1.O=CC(=O)Nc1nccs1. The molecule has 1 N–H and O–H groups in total. The molecule has 0 radical (unpaired) electrons. The summed E-state index contributed by atoms with van der Waals surface area (Å²) in [5, 5.41) is 4.87. The molecule has 116 valence electrons. The maximum atomic E-state index is 11.6. The van der Waals surface area contributed by atoms with Gasteiger partial charge in [-0.25, -0.2) is 4.98 Å². The number of aldehydes is 1. The zero-order valence-electron chi connectivity index (χ0n) is 12.0. The Morgan fingerprint density at radius 3 is 2.55 bits per heavy atom. The van der Waals surface area contributed by atoms with Gasteiger partial charge >= 0.3 is 0 Å². The van der Waals surface area contributed by atoms with E-state index in [9.17, 15) is 13.8 Å². The molecule has 1 aromatic heterocycles. The minimum atomic E-state index is -0.732. The van der Waals surface area contributed by atoms with Crippen LogP contribution in [-0.4, -0.2) is 26.6 Å². The van der Waals surface area contributed by atoms with Crippen LogP contribution in [0.3, 0.4) is 0 Å². The van der Waals surface area contributed by atoms with E-state index in [0.717, 1.165) is 17.7 Å². The Hall–Kier alpha value is -1.86. The molecule has 0 aliphatic heterocycles. The summed E-state index contributed by atoms with van der Waals surface area (Å²) in [6.45, 7) is 2.05. The average molecular weight is 336 g/mol. The van der Waals surface area contributed by atoms with Gasteiger partial charge in [-0.2, -0.15) is 0 Å². The van der Waals surface area contributed by atoms with Crippen LogP contribution in [0, 0.1) is 6.92 Å². The minimum Gasteiger partial charge on any atom is -0.296 e. The number of nitrogens with zero attached hydrogens (tertiary/aromatic N) is 1. The highest BCUT2D eigenvalue weighted by Crippen LogP contribution is 2.30. The van der Waals surface area contributed by atoms with Gasteiger partial charge in [-0.15, -0.1) is 11.3 Å². The second-order valence-corrected chi connectivity index (χ2v) is 7.38. The molecule has 1 amide bonds. The Labute approximate surface area is 135 Å². The number of hydrogen-bond donors (Lipinski definition) is 1. The third-order valence-electron chi connectivity index (χ3n) is 2.85. The predicted molar refractivity (Wildman–Crippen MR) is 87.4 cm³/mol. The molecule has 1 unspecified atom stereocenters. The van der Waals surface area contributed by atoms with E-state index in [-0.39, 0.29) is 6.29 Å². The fraction of sp³-hybridized carbons (Fsp3) is 0.267. The monoisotopic (exact) mass is 336 g/mol. The number of aryl methyl sites for hydroxylation is 1. The fourth-order valence-corrected chi connectivity index (χ4v) is 3.45. The van der Waals surface area contributed by atoms with Crippen molar-refractivity contribution in [3.8, 4) is 0 Å². The van der Waals surface area contributed by atoms with Gasteiger partial charge in [0.05, 0.1) is 10.8 Å². The number of nitrogens with one attached hydrogen (secondary N) is 1. The topological polar surface area (TPSA) is 76.1 Å². The highest BCUT2D eigenvalue weighted by molar-refractivity contribution is 7.86. The zero-order chi connectivity index (χ0) is 15.9. The lowest BCUT2D eigenvalue weighted by atomic mass is 10.2. The van der Waals surface area contributed by atoms with Crippen LogP contribution in [0.15, 0.2) is 40.7 Å². The molecule has 0 spiro atoms. The van der Waals surface area contributed by atoms with Crippen molar-refractivity contribution in [3.63, 3.8) is 0 Å². The number of carbonyl (C=O) groups is 2. The van der Waals surface area contributed by atoms with Crippen molar-refractivity contribution in [1.82, 2.24) is 4.98 Å². The molecule has 1 heterocycles. The Balaban J connectivity index is 0.000000164. The van der Waals surface area contributed by atoms with Gasteiger partial charge in [-0.3, -0.25) is 19.1 Å². The van der Waals surface area contributed by atoms with Gasteiger partial charge < -0.3 is 0 Å². The smallest absolute Gasteiger partial charge is 0.290 e. The van der Waals surface area contributed by atoms with Crippen molar-refractivity contribution < 1.29 is 13.8 Å². The number of hydrogen-bond acceptors (Lipinski definition) is 5. The first-order chi connectivity index (χ1) is 10.6. The molecule has 0 saturated heterocycles. The Morgan fingerprint density at radius 1 is 1.36 bits per heavy atom. The molecule has 1 atom stereocenters. The second-order valence-electron chi connectivity index (χ2n) is 4.75. The van der Waals surface area contributed by atoms with E-state index >= 15 is 0 Å². The lowest BCUT2D eigenvalue weighted by Gasteiger charge is -1.99. The Morgan fingerprint density at radius 2 is 2.05 bits per heavy atom. The van der Waals surface area contributed by atoms with E-state index in [4.69, 9.17) is 0 Å². The van der Waals surface area contributed by atoms with E-state index in [1.165, 1.54) is 16.9 Å². The van der Waals surface area contributed by atoms with Gasteiger partial charge in [-0.05, 0) is 31.9 Å². The van der Waals surface area contributed by atoms with Crippen LogP contribution < -0.4 is 5.32 Å². The molecule has 1 aromatic carbocycles. The maximum Gasteiger partial charge on any atom is 0.290 e. The van der Waals surface area contributed by atoms with Crippen LogP contribution in [0.2, 0.25) is 0 Å². The minimum absolute atomic E-state index is 0.210. The number of aromatic nitrogens is 1. The largest absolute Gasteiger partial charge is 0.296 e. The summed E-state index contributed by atoms with van der Waals surface area (Å²) < 4.78 is 11.6. The summed E-state index contributed by atoms with van der Waals surface area (Å²) in [5.41, 5.74) is 1.23. The number of thiazole rings is 1. The molecule has 2 aromatic rings. The number of rotatable bonds is 4. The second kappa shape index (κ2) is 7.95. The molecule has 1 saturated carbocycles. The lowest BCUT2D eigenvalue weighted by Crippen LogP contribution is -2.11. The van der Waals surface area contributed by atoms with Crippen LogP contribution in [0.25, 0.3) is 0 Å². The number of carbonyl (C=O) groups excluding carboxylic acids is 2. The summed E-state index contributed by atoms with van der Waals surface area (Å²) in [6.07, 6.45) is 4.04. The van der Waals surface area contributed by atoms with Crippen LogP contribution in [0.1, 0.15) is 18.4 Å². The van der Waals surface area contributed by atoms with E-state index in [1.807, 2.05) is 31.2 Å². The maximum absolute atomic E-state index is 11.6. The first kappa shape index (κ1) is 16.5. The van der Waals surface area contributed by atoms with Crippen molar-refractivity contribution in [2.75, 3.05) is 5.32 Å². The van der Waals surface area contributed by atoms with Crippen molar-refractivity contribution in [1.29, 1.82) is 0 Å². The summed E-state index contributed by atoms with van der Waals surface area (Å²) in [5.74, 6) is -0.671. The van der Waals surface area contributed by atoms with Crippen molar-refractivity contribution in [2.45, 2.75) is 29.9 Å². The van der Waals surface area contributed by atoms with Crippen LogP contribution in [0.4, 0.5) is 5.13 Å². The predicted octanol–water partition coefficient (Wildman–Crippen LogP) is 2.55. The Kier molecular flexibility index (Phi) is 5.97. The summed E-state index contributed by atoms with van der Waals surface area (Å²) in [6, 6.07) is 8.00. The van der Waals surface area contributed by atoms with Crippen molar-refractivity contribution in [3.05, 3.63) is 41.4 Å².